The number of aromatic hydroxyl groups is 2. The summed E-state index contributed by atoms with van der Waals surface area (Å²) in [7, 11) is 0. The minimum atomic E-state index is 0.143. The van der Waals surface area contributed by atoms with Crippen molar-refractivity contribution in [1.82, 2.24) is 0 Å². The summed E-state index contributed by atoms with van der Waals surface area (Å²) in [5.74, 6) is 0.307. The number of fused-ring (bicyclic) bond motifs is 2. The number of phenols is 2. The Hall–Kier alpha value is -3.33. The first-order valence-corrected chi connectivity index (χ1v) is 7.69. The van der Waals surface area contributed by atoms with Gasteiger partial charge < -0.3 is 10.2 Å². The Bertz CT molecular complexity index is 1080. The summed E-state index contributed by atoms with van der Waals surface area (Å²) < 4.78 is 0. The van der Waals surface area contributed by atoms with Crippen molar-refractivity contribution in [2.24, 2.45) is 4.99 Å². The van der Waals surface area contributed by atoms with Crippen LogP contribution in [0.3, 0.4) is 0 Å². The van der Waals surface area contributed by atoms with Crippen LogP contribution in [-0.2, 0) is 0 Å². The third-order valence-corrected chi connectivity index (χ3v) is 4.16. The predicted octanol–water partition coefficient (Wildman–Crippen LogP) is 5.15. The topological polar surface area (TPSA) is 52.8 Å². The molecular weight excluding hydrogens is 298 g/mol. The van der Waals surface area contributed by atoms with Gasteiger partial charge in [0.25, 0.3) is 0 Å². The van der Waals surface area contributed by atoms with Crippen LogP contribution in [-0.4, -0.2) is 16.4 Å². The fourth-order valence-corrected chi connectivity index (χ4v) is 2.90. The van der Waals surface area contributed by atoms with E-state index in [9.17, 15) is 10.2 Å². The van der Waals surface area contributed by atoms with Crippen LogP contribution in [0.1, 0.15) is 5.56 Å². The Labute approximate surface area is 139 Å². The van der Waals surface area contributed by atoms with Crippen molar-refractivity contribution in [3.05, 3.63) is 78.4 Å². The number of hydrogen-bond acceptors (Lipinski definition) is 3. The number of aliphatic imine (C=N–C) groups is 1. The lowest BCUT2D eigenvalue weighted by Gasteiger charge is -2.06. The SMILES string of the molecule is Oc1ccc2ccccc2c1/C=N/c1ccc2ccccc2c1O. The monoisotopic (exact) mass is 313 g/mol. The Morgan fingerprint density at radius 1 is 0.667 bits per heavy atom. The molecule has 0 atom stereocenters. The molecule has 0 aliphatic heterocycles. The molecule has 0 aromatic heterocycles. The van der Waals surface area contributed by atoms with E-state index in [1.165, 1.54) is 0 Å². The highest BCUT2D eigenvalue weighted by Gasteiger charge is 2.07. The Morgan fingerprint density at radius 3 is 2.08 bits per heavy atom. The van der Waals surface area contributed by atoms with Gasteiger partial charge in [0.15, 0.2) is 0 Å². The van der Waals surface area contributed by atoms with E-state index in [0.717, 1.165) is 21.5 Å². The van der Waals surface area contributed by atoms with Crippen molar-refractivity contribution < 1.29 is 10.2 Å². The highest BCUT2D eigenvalue weighted by molar-refractivity contribution is 6.03. The van der Waals surface area contributed by atoms with Crippen molar-refractivity contribution in [3.63, 3.8) is 0 Å². The zero-order valence-electron chi connectivity index (χ0n) is 12.8. The maximum Gasteiger partial charge on any atom is 0.148 e. The molecule has 0 aliphatic rings. The summed E-state index contributed by atoms with van der Waals surface area (Å²) in [5.41, 5.74) is 1.11. The first-order valence-electron chi connectivity index (χ1n) is 7.69. The molecule has 0 saturated carbocycles. The lowest BCUT2D eigenvalue weighted by molar-refractivity contribution is 0.475. The molecule has 0 bridgehead atoms. The second-order valence-corrected chi connectivity index (χ2v) is 5.63. The van der Waals surface area contributed by atoms with Crippen LogP contribution in [0.15, 0.2) is 77.8 Å². The van der Waals surface area contributed by atoms with Crippen LogP contribution in [0.4, 0.5) is 5.69 Å². The summed E-state index contributed by atoms with van der Waals surface area (Å²) in [6, 6.07) is 22.6. The highest BCUT2D eigenvalue weighted by Crippen LogP contribution is 2.35. The van der Waals surface area contributed by atoms with Crippen molar-refractivity contribution >= 4 is 33.4 Å². The van der Waals surface area contributed by atoms with Crippen molar-refractivity contribution in [2.75, 3.05) is 0 Å². The van der Waals surface area contributed by atoms with E-state index >= 15 is 0 Å². The van der Waals surface area contributed by atoms with Gasteiger partial charge in [-0.2, -0.15) is 0 Å². The molecule has 3 nitrogen and oxygen atoms in total. The Kier molecular flexibility index (Phi) is 3.39. The summed E-state index contributed by atoms with van der Waals surface area (Å²) in [6.07, 6.45) is 1.60. The van der Waals surface area contributed by atoms with Gasteiger partial charge in [0.2, 0.25) is 0 Å². The van der Waals surface area contributed by atoms with Crippen LogP contribution < -0.4 is 0 Å². The van der Waals surface area contributed by atoms with Gasteiger partial charge >= 0.3 is 0 Å². The molecule has 116 valence electrons. The number of hydrogen-bond donors (Lipinski definition) is 2. The van der Waals surface area contributed by atoms with E-state index in [1.807, 2.05) is 60.7 Å². The van der Waals surface area contributed by atoms with Crippen LogP contribution in [0.2, 0.25) is 0 Å². The van der Waals surface area contributed by atoms with Gasteiger partial charge in [-0.1, -0.05) is 60.7 Å². The second kappa shape index (κ2) is 5.70. The van der Waals surface area contributed by atoms with Gasteiger partial charge in [0.1, 0.15) is 17.2 Å². The smallest absolute Gasteiger partial charge is 0.148 e. The number of rotatable bonds is 2. The zero-order chi connectivity index (χ0) is 16.5. The molecule has 0 saturated heterocycles. The average Bonchev–Trinajstić information content (AvgIpc) is 2.62. The van der Waals surface area contributed by atoms with E-state index in [0.29, 0.717) is 11.3 Å². The van der Waals surface area contributed by atoms with Gasteiger partial charge in [-0.3, -0.25) is 4.99 Å². The third-order valence-electron chi connectivity index (χ3n) is 4.16. The lowest BCUT2D eigenvalue weighted by Crippen LogP contribution is -1.86. The standard InChI is InChI=1S/C21H15NO2/c23-20-12-10-14-5-1-3-7-16(14)18(20)13-22-19-11-9-15-6-2-4-8-17(15)21(19)24/h1-13,23-24H/b22-13+. The maximum atomic E-state index is 10.4. The molecule has 0 spiro atoms. The van der Waals surface area contributed by atoms with Crippen molar-refractivity contribution in [1.29, 1.82) is 0 Å². The van der Waals surface area contributed by atoms with Crippen LogP contribution in [0, 0.1) is 0 Å². The van der Waals surface area contributed by atoms with Crippen LogP contribution >= 0.6 is 0 Å². The maximum absolute atomic E-state index is 10.4. The number of phenolic OH excluding ortho intramolecular Hbond substituents is 2. The minimum Gasteiger partial charge on any atom is -0.507 e. The molecule has 0 unspecified atom stereocenters. The van der Waals surface area contributed by atoms with Crippen LogP contribution in [0.5, 0.6) is 11.5 Å². The predicted molar refractivity (Wildman–Crippen MR) is 98.5 cm³/mol. The van der Waals surface area contributed by atoms with Gasteiger partial charge in [-0.15, -0.1) is 0 Å². The molecular formula is C21H15NO2. The van der Waals surface area contributed by atoms with Gasteiger partial charge in [-0.05, 0) is 28.3 Å². The Balaban J connectivity index is 1.84. The molecule has 24 heavy (non-hydrogen) atoms. The molecule has 0 heterocycles. The van der Waals surface area contributed by atoms with E-state index in [1.54, 1.807) is 18.3 Å². The van der Waals surface area contributed by atoms with Crippen molar-refractivity contribution in [3.8, 4) is 11.5 Å². The quantitative estimate of drug-likeness (QED) is 0.502. The number of nitrogens with zero attached hydrogens (tertiary/aromatic N) is 1. The summed E-state index contributed by atoms with van der Waals surface area (Å²) in [4.78, 5) is 4.40. The largest absolute Gasteiger partial charge is 0.507 e. The summed E-state index contributed by atoms with van der Waals surface area (Å²) in [6.45, 7) is 0. The zero-order valence-corrected chi connectivity index (χ0v) is 12.8. The molecule has 2 N–H and O–H groups in total. The van der Waals surface area contributed by atoms with E-state index in [-0.39, 0.29) is 11.5 Å². The first-order chi connectivity index (χ1) is 11.7. The summed E-state index contributed by atoms with van der Waals surface area (Å²) >= 11 is 0. The highest BCUT2D eigenvalue weighted by atomic mass is 16.3. The van der Waals surface area contributed by atoms with Crippen LogP contribution in [0.25, 0.3) is 21.5 Å². The third kappa shape index (κ3) is 2.36. The molecule has 4 rings (SSSR count). The van der Waals surface area contributed by atoms with Gasteiger partial charge in [0, 0.05) is 17.2 Å². The van der Waals surface area contributed by atoms with Gasteiger partial charge in [-0.25, -0.2) is 0 Å². The lowest BCUT2D eigenvalue weighted by atomic mass is 10.0. The van der Waals surface area contributed by atoms with Crippen molar-refractivity contribution in [2.45, 2.75) is 0 Å². The minimum absolute atomic E-state index is 0.143. The Morgan fingerprint density at radius 2 is 1.29 bits per heavy atom. The molecule has 4 aromatic carbocycles. The summed E-state index contributed by atoms with van der Waals surface area (Å²) in [5, 5.41) is 24.3. The second-order valence-electron chi connectivity index (χ2n) is 5.63. The molecule has 3 heteroatoms. The normalized spacial score (nSPS) is 11.5. The molecule has 0 amide bonds. The molecule has 0 radical (unpaired) electrons. The van der Waals surface area contributed by atoms with E-state index in [2.05, 4.69) is 4.99 Å². The van der Waals surface area contributed by atoms with E-state index in [4.69, 9.17) is 0 Å². The first kappa shape index (κ1) is 14.3. The van der Waals surface area contributed by atoms with E-state index < -0.39 is 0 Å². The fourth-order valence-electron chi connectivity index (χ4n) is 2.90. The molecule has 4 aromatic rings. The number of benzene rings is 4. The van der Waals surface area contributed by atoms with Gasteiger partial charge in [0.05, 0.1) is 0 Å². The molecule has 0 fully saturated rings. The fraction of sp³-hybridized carbons (Fsp3) is 0. The molecule has 0 aliphatic carbocycles. The average molecular weight is 313 g/mol.